The maximum atomic E-state index is 14.0. The van der Waals surface area contributed by atoms with Crippen molar-refractivity contribution >= 4 is 28.8 Å². The number of hydrogen-bond donors (Lipinski definition) is 1. The van der Waals surface area contributed by atoms with Gasteiger partial charge in [0.15, 0.2) is 11.3 Å². The Bertz CT molecular complexity index is 1400. The first-order valence-electron chi connectivity index (χ1n) is 9.45. The predicted molar refractivity (Wildman–Crippen MR) is 108 cm³/mol. The predicted octanol–water partition coefficient (Wildman–Crippen LogP) is 4.98. The molecular formula is C20H13ClF6N6O. The molecule has 0 aliphatic heterocycles. The Morgan fingerprint density at radius 2 is 1.88 bits per heavy atom. The van der Waals surface area contributed by atoms with E-state index in [9.17, 15) is 31.1 Å². The molecule has 3 heterocycles. The van der Waals surface area contributed by atoms with Crippen LogP contribution in [-0.2, 0) is 12.5 Å². The molecule has 1 N–H and O–H groups in total. The van der Waals surface area contributed by atoms with Crippen LogP contribution in [0.2, 0.25) is 5.02 Å². The van der Waals surface area contributed by atoms with Crippen molar-refractivity contribution < 1.29 is 31.1 Å². The number of carbonyl (C=O) groups excluding carboxylic acids is 1. The zero-order valence-electron chi connectivity index (χ0n) is 17.0. The summed E-state index contributed by atoms with van der Waals surface area (Å²) in [4.78, 5) is 16.4. The number of nitrogens with zero attached hydrogens (tertiary/aromatic N) is 5. The van der Waals surface area contributed by atoms with E-state index in [1.54, 1.807) is 0 Å². The molecule has 0 saturated carbocycles. The Kier molecular flexibility index (Phi) is 5.75. The molecule has 0 bridgehead atoms. The molecule has 1 amide bonds. The monoisotopic (exact) mass is 502 g/mol. The first-order chi connectivity index (χ1) is 15.8. The van der Waals surface area contributed by atoms with Crippen LogP contribution in [0.4, 0.5) is 32.0 Å². The molecule has 7 nitrogen and oxygen atoms in total. The molecule has 0 radical (unpaired) electrons. The van der Waals surface area contributed by atoms with Gasteiger partial charge in [-0.2, -0.15) is 32.1 Å². The molecule has 0 aliphatic carbocycles. The maximum absolute atomic E-state index is 14.0. The van der Waals surface area contributed by atoms with Gasteiger partial charge < -0.3 is 5.32 Å². The lowest BCUT2D eigenvalue weighted by Crippen LogP contribution is -2.36. The van der Waals surface area contributed by atoms with Gasteiger partial charge in [0.25, 0.3) is 5.91 Å². The quantitative estimate of drug-likeness (QED) is 0.390. The van der Waals surface area contributed by atoms with Gasteiger partial charge in [-0.3, -0.25) is 9.48 Å². The fraction of sp³-hybridized carbons (Fsp3) is 0.200. The van der Waals surface area contributed by atoms with Crippen LogP contribution in [0.15, 0.2) is 42.7 Å². The molecule has 4 aromatic rings. The van der Waals surface area contributed by atoms with E-state index in [-0.39, 0.29) is 33.1 Å². The smallest absolute Gasteiger partial charge is 0.318 e. The van der Waals surface area contributed by atoms with E-state index in [2.05, 4.69) is 20.5 Å². The number of aromatic nitrogens is 5. The van der Waals surface area contributed by atoms with Crippen molar-refractivity contribution in [3.8, 4) is 0 Å². The number of aryl methyl sites for hydroxylation is 1. The number of nitrogens with one attached hydrogen (secondary N) is 1. The van der Waals surface area contributed by atoms with E-state index in [0.717, 1.165) is 12.1 Å². The van der Waals surface area contributed by atoms with E-state index in [1.807, 2.05) is 0 Å². The van der Waals surface area contributed by atoms with Crippen molar-refractivity contribution in [2.75, 3.05) is 5.32 Å². The van der Waals surface area contributed by atoms with Gasteiger partial charge in [-0.1, -0.05) is 17.7 Å². The highest BCUT2D eigenvalue weighted by molar-refractivity contribution is 6.31. The molecule has 34 heavy (non-hydrogen) atoms. The Morgan fingerprint density at radius 1 is 1.15 bits per heavy atom. The van der Waals surface area contributed by atoms with E-state index in [1.165, 1.54) is 36.1 Å². The topological polar surface area (TPSA) is 77.1 Å². The number of alkyl halides is 5. The normalized spacial score (nSPS) is 12.4. The summed E-state index contributed by atoms with van der Waals surface area (Å²) >= 11 is 5.98. The second kappa shape index (κ2) is 8.31. The SMILES string of the molecule is Cc1cc(C(F)(F)C(F)(F)F)n2nc(C(=O)Nc3cnn(Cc4ccc(F)cc4Cl)c3)cc2n1. The highest BCUT2D eigenvalue weighted by Gasteiger charge is 2.60. The molecule has 0 spiro atoms. The lowest BCUT2D eigenvalue weighted by Gasteiger charge is -2.20. The van der Waals surface area contributed by atoms with Crippen molar-refractivity contribution in [2.24, 2.45) is 0 Å². The second-order valence-electron chi connectivity index (χ2n) is 7.27. The van der Waals surface area contributed by atoms with Crippen molar-refractivity contribution in [2.45, 2.75) is 25.6 Å². The Balaban J connectivity index is 1.58. The summed E-state index contributed by atoms with van der Waals surface area (Å²) < 4.78 is 81.6. The number of anilines is 1. The summed E-state index contributed by atoms with van der Waals surface area (Å²) in [6.45, 7) is 1.40. The molecule has 0 saturated heterocycles. The van der Waals surface area contributed by atoms with E-state index < -0.39 is 35.2 Å². The van der Waals surface area contributed by atoms with Gasteiger partial charge in [0.2, 0.25) is 0 Å². The Hall–Kier alpha value is -3.61. The van der Waals surface area contributed by atoms with Crippen molar-refractivity contribution in [1.29, 1.82) is 0 Å². The molecule has 14 heteroatoms. The number of benzene rings is 1. The van der Waals surface area contributed by atoms with Gasteiger partial charge in [-0.15, -0.1) is 0 Å². The van der Waals surface area contributed by atoms with E-state index in [4.69, 9.17) is 11.6 Å². The largest absolute Gasteiger partial charge is 0.459 e. The molecular weight excluding hydrogens is 490 g/mol. The maximum Gasteiger partial charge on any atom is 0.459 e. The lowest BCUT2D eigenvalue weighted by atomic mass is 10.2. The number of halogens is 7. The van der Waals surface area contributed by atoms with Crippen LogP contribution < -0.4 is 5.32 Å². The minimum absolute atomic E-state index is 0.112. The third-order valence-corrected chi connectivity index (χ3v) is 5.06. The summed E-state index contributed by atoms with van der Waals surface area (Å²) in [5.41, 5.74) is -1.63. The lowest BCUT2D eigenvalue weighted by molar-refractivity contribution is -0.291. The third-order valence-electron chi connectivity index (χ3n) is 4.70. The van der Waals surface area contributed by atoms with Crippen molar-refractivity contribution in [1.82, 2.24) is 24.4 Å². The van der Waals surface area contributed by atoms with E-state index >= 15 is 0 Å². The molecule has 0 fully saturated rings. The Labute approximate surface area is 192 Å². The fourth-order valence-corrected chi connectivity index (χ4v) is 3.34. The summed E-state index contributed by atoms with van der Waals surface area (Å²) in [6.07, 6.45) is -3.18. The van der Waals surface area contributed by atoms with Crippen LogP contribution in [0.25, 0.3) is 5.65 Å². The molecule has 0 unspecified atom stereocenters. The number of fused-ring (bicyclic) bond motifs is 1. The van der Waals surface area contributed by atoms with Gasteiger partial charge >= 0.3 is 12.1 Å². The van der Waals surface area contributed by atoms with Crippen LogP contribution in [0.1, 0.15) is 27.4 Å². The zero-order valence-corrected chi connectivity index (χ0v) is 17.8. The molecule has 0 aliphatic rings. The summed E-state index contributed by atoms with van der Waals surface area (Å²) in [5.74, 6) is -6.61. The summed E-state index contributed by atoms with van der Waals surface area (Å²) in [5, 5.41) is 10.2. The minimum atomic E-state index is -5.87. The molecule has 1 aromatic carbocycles. The average molecular weight is 503 g/mol. The minimum Gasteiger partial charge on any atom is -0.318 e. The number of amides is 1. The molecule has 4 rings (SSSR count). The molecule has 178 valence electrons. The standard InChI is InChI=1S/C20H13ClF6N6O/c1-10-4-16(19(23,24)20(25,26)27)33-17(29-10)6-15(31-33)18(34)30-13-7-28-32(9-13)8-11-2-3-12(22)5-14(11)21/h2-7,9H,8H2,1H3,(H,30,34). The van der Waals surface area contributed by atoms with Crippen LogP contribution in [0, 0.1) is 12.7 Å². The summed E-state index contributed by atoms with van der Waals surface area (Å²) in [7, 11) is 0. The van der Waals surface area contributed by atoms with Gasteiger partial charge in [0.05, 0.1) is 18.4 Å². The van der Waals surface area contributed by atoms with Crippen molar-refractivity contribution in [3.05, 3.63) is 76.2 Å². The Morgan fingerprint density at radius 3 is 2.56 bits per heavy atom. The highest BCUT2D eigenvalue weighted by Crippen LogP contribution is 2.43. The fourth-order valence-electron chi connectivity index (χ4n) is 3.11. The number of rotatable bonds is 5. The van der Waals surface area contributed by atoms with Gasteiger partial charge in [-0.25, -0.2) is 13.9 Å². The summed E-state index contributed by atoms with van der Waals surface area (Å²) in [6, 6.07) is 5.38. The van der Waals surface area contributed by atoms with Gasteiger partial charge in [-0.05, 0) is 30.7 Å². The second-order valence-corrected chi connectivity index (χ2v) is 7.68. The first kappa shape index (κ1) is 23.5. The average Bonchev–Trinajstić information content (AvgIpc) is 3.35. The molecule has 3 aromatic heterocycles. The van der Waals surface area contributed by atoms with Crippen molar-refractivity contribution in [3.63, 3.8) is 0 Å². The van der Waals surface area contributed by atoms with E-state index in [0.29, 0.717) is 11.6 Å². The van der Waals surface area contributed by atoms with Gasteiger partial charge in [0.1, 0.15) is 11.5 Å². The zero-order chi connectivity index (χ0) is 24.8. The van der Waals surface area contributed by atoms with Crippen LogP contribution in [0.5, 0.6) is 0 Å². The van der Waals surface area contributed by atoms with Crippen LogP contribution in [-0.4, -0.2) is 36.5 Å². The number of carbonyl (C=O) groups is 1. The highest BCUT2D eigenvalue weighted by atomic mass is 35.5. The molecule has 0 atom stereocenters. The van der Waals surface area contributed by atoms with Crippen LogP contribution in [0.3, 0.4) is 0 Å². The number of hydrogen-bond acceptors (Lipinski definition) is 4. The van der Waals surface area contributed by atoms with Gasteiger partial charge in [0, 0.05) is 23.0 Å². The first-order valence-corrected chi connectivity index (χ1v) is 9.83. The van der Waals surface area contributed by atoms with Crippen LogP contribution >= 0.6 is 11.6 Å². The third kappa shape index (κ3) is 4.42.